The molecule has 0 radical (unpaired) electrons. The standard InChI is InChI=1S/C49H93NO8/c1-3-5-7-9-11-13-15-17-18-19-20-21-22-23-24-25-26-27-29-31-33-35-37-39-45(53)50-42(41-57-49-48(56)47(55)46(54)44(40-51)58-49)43(52)38-36-34-32-30-28-16-14-12-10-8-6-4-2/h28,30,36,38,42-44,46-49,51-52,54-56H,3-27,29,31-35,37,39-41H2,1-2H3,(H,50,53)/b30-28+,38-36+/t42-,43+,44-,46-,47?,48?,49-/m0/s1. The smallest absolute Gasteiger partial charge is 0.220 e. The SMILES string of the molecule is CCCCCCCC/C=C/CC/C=C/[C@@H](O)[C@H](CO[C@H]1O[C@@H](CO)[C@H](O)C(O)C1O)NC(=O)CCCCCCCCCCCCCCCCCCCCCCCCC. The lowest BCUT2D eigenvalue weighted by molar-refractivity contribution is -0.302. The molecule has 0 aliphatic carbocycles. The van der Waals surface area contributed by atoms with Crippen molar-refractivity contribution in [2.24, 2.45) is 0 Å². The van der Waals surface area contributed by atoms with E-state index in [0.717, 1.165) is 38.5 Å². The highest BCUT2D eigenvalue weighted by Gasteiger charge is 2.44. The molecule has 9 heteroatoms. The Morgan fingerprint density at radius 2 is 0.983 bits per heavy atom. The third-order valence-electron chi connectivity index (χ3n) is 11.8. The monoisotopic (exact) mass is 824 g/mol. The van der Waals surface area contributed by atoms with E-state index in [9.17, 15) is 30.3 Å². The third kappa shape index (κ3) is 29.8. The summed E-state index contributed by atoms with van der Waals surface area (Å²) in [4.78, 5) is 13.0. The highest BCUT2D eigenvalue weighted by Crippen LogP contribution is 2.23. The van der Waals surface area contributed by atoms with E-state index in [0.29, 0.717) is 6.42 Å². The second-order valence-corrected chi connectivity index (χ2v) is 17.3. The molecular weight excluding hydrogens is 731 g/mol. The molecule has 0 spiro atoms. The maximum Gasteiger partial charge on any atom is 0.220 e. The molecule has 0 aromatic carbocycles. The normalized spacial score (nSPS) is 21.0. The van der Waals surface area contributed by atoms with E-state index < -0.39 is 49.5 Å². The molecule has 6 N–H and O–H groups in total. The van der Waals surface area contributed by atoms with Crippen LogP contribution in [0, 0.1) is 0 Å². The minimum Gasteiger partial charge on any atom is -0.394 e. The molecule has 1 amide bonds. The van der Waals surface area contributed by atoms with Gasteiger partial charge >= 0.3 is 0 Å². The number of unbranched alkanes of at least 4 members (excludes halogenated alkanes) is 29. The van der Waals surface area contributed by atoms with Crippen LogP contribution in [-0.4, -0.2) is 87.5 Å². The number of ether oxygens (including phenoxy) is 2. The second kappa shape index (κ2) is 39.8. The van der Waals surface area contributed by atoms with Crippen molar-refractivity contribution in [2.45, 2.75) is 269 Å². The van der Waals surface area contributed by atoms with Crippen LogP contribution in [0.25, 0.3) is 0 Å². The van der Waals surface area contributed by atoms with Gasteiger partial charge in [-0.05, 0) is 32.1 Å². The van der Waals surface area contributed by atoms with Gasteiger partial charge in [-0.25, -0.2) is 0 Å². The van der Waals surface area contributed by atoms with Crippen molar-refractivity contribution in [3.63, 3.8) is 0 Å². The van der Waals surface area contributed by atoms with Gasteiger partial charge in [-0.3, -0.25) is 4.79 Å². The number of hydrogen-bond acceptors (Lipinski definition) is 8. The highest BCUT2D eigenvalue weighted by atomic mass is 16.7. The van der Waals surface area contributed by atoms with Crippen LogP contribution >= 0.6 is 0 Å². The van der Waals surface area contributed by atoms with E-state index in [1.165, 1.54) is 167 Å². The largest absolute Gasteiger partial charge is 0.394 e. The predicted molar refractivity (Wildman–Crippen MR) is 240 cm³/mol. The van der Waals surface area contributed by atoms with Gasteiger partial charge in [0, 0.05) is 6.42 Å². The Morgan fingerprint density at radius 3 is 1.45 bits per heavy atom. The molecule has 7 atom stereocenters. The van der Waals surface area contributed by atoms with E-state index in [1.54, 1.807) is 6.08 Å². The summed E-state index contributed by atoms with van der Waals surface area (Å²) in [7, 11) is 0. The fraction of sp³-hybridized carbons (Fsp3) is 0.898. The molecule has 58 heavy (non-hydrogen) atoms. The number of carbonyl (C=O) groups excluding carboxylic acids is 1. The van der Waals surface area contributed by atoms with Gasteiger partial charge in [0.2, 0.25) is 5.91 Å². The molecule has 1 fully saturated rings. The average Bonchev–Trinajstić information content (AvgIpc) is 3.22. The van der Waals surface area contributed by atoms with Crippen LogP contribution < -0.4 is 5.32 Å². The third-order valence-corrected chi connectivity index (χ3v) is 11.8. The van der Waals surface area contributed by atoms with E-state index in [1.807, 2.05) is 6.08 Å². The van der Waals surface area contributed by atoms with Crippen molar-refractivity contribution >= 4 is 5.91 Å². The Hall–Kier alpha value is -1.33. The van der Waals surface area contributed by atoms with Crippen LogP contribution in [0.3, 0.4) is 0 Å². The van der Waals surface area contributed by atoms with Crippen molar-refractivity contribution in [1.29, 1.82) is 0 Å². The number of rotatable bonds is 41. The molecule has 1 aliphatic heterocycles. The van der Waals surface area contributed by atoms with Crippen molar-refractivity contribution < 1.29 is 39.8 Å². The zero-order valence-electron chi connectivity index (χ0n) is 37.6. The molecule has 342 valence electrons. The first-order valence-corrected chi connectivity index (χ1v) is 24.6. The summed E-state index contributed by atoms with van der Waals surface area (Å²) in [6.07, 6.45) is 40.9. The van der Waals surface area contributed by atoms with Crippen molar-refractivity contribution in [1.82, 2.24) is 5.32 Å². The fourth-order valence-electron chi connectivity index (χ4n) is 7.82. The number of aliphatic hydroxyl groups excluding tert-OH is 5. The maximum absolute atomic E-state index is 13.0. The number of hydrogen-bond donors (Lipinski definition) is 6. The van der Waals surface area contributed by atoms with Crippen LogP contribution in [-0.2, 0) is 14.3 Å². The van der Waals surface area contributed by atoms with Crippen molar-refractivity contribution in [3.8, 4) is 0 Å². The van der Waals surface area contributed by atoms with Gasteiger partial charge in [-0.2, -0.15) is 0 Å². The first-order chi connectivity index (χ1) is 28.3. The fourth-order valence-corrected chi connectivity index (χ4v) is 7.82. The topological polar surface area (TPSA) is 149 Å². The molecule has 1 rings (SSSR count). The molecule has 9 nitrogen and oxygen atoms in total. The summed E-state index contributed by atoms with van der Waals surface area (Å²) in [6.45, 7) is 3.75. The lowest BCUT2D eigenvalue weighted by Gasteiger charge is -2.40. The van der Waals surface area contributed by atoms with Crippen LogP contribution in [0.2, 0.25) is 0 Å². The lowest BCUT2D eigenvalue weighted by atomic mass is 9.99. The summed E-state index contributed by atoms with van der Waals surface area (Å²) in [5, 5.41) is 54.1. The van der Waals surface area contributed by atoms with E-state index >= 15 is 0 Å². The molecule has 1 heterocycles. The minimum absolute atomic E-state index is 0.184. The van der Waals surface area contributed by atoms with Gasteiger partial charge in [0.1, 0.15) is 24.4 Å². The van der Waals surface area contributed by atoms with Gasteiger partial charge < -0.3 is 40.3 Å². The maximum atomic E-state index is 13.0. The van der Waals surface area contributed by atoms with Crippen molar-refractivity contribution in [2.75, 3.05) is 13.2 Å². The first-order valence-electron chi connectivity index (χ1n) is 24.6. The number of nitrogens with one attached hydrogen (secondary N) is 1. The minimum atomic E-state index is -1.57. The molecule has 0 saturated carbocycles. The van der Waals surface area contributed by atoms with Crippen LogP contribution in [0.5, 0.6) is 0 Å². The summed E-state index contributed by atoms with van der Waals surface area (Å²) >= 11 is 0. The van der Waals surface area contributed by atoms with Gasteiger partial charge in [0.05, 0.1) is 25.4 Å². The zero-order valence-corrected chi connectivity index (χ0v) is 37.6. The van der Waals surface area contributed by atoms with Crippen LogP contribution in [0.1, 0.15) is 226 Å². The lowest BCUT2D eigenvalue weighted by Crippen LogP contribution is -2.60. The number of aliphatic hydroxyl groups is 5. The summed E-state index contributed by atoms with van der Waals surface area (Å²) in [5.74, 6) is -0.184. The highest BCUT2D eigenvalue weighted by molar-refractivity contribution is 5.76. The van der Waals surface area contributed by atoms with Gasteiger partial charge in [0.15, 0.2) is 6.29 Å². The number of amides is 1. The molecule has 2 unspecified atom stereocenters. The van der Waals surface area contributed by atoms with Gasteiger partial charge in [-0.15, -0.1) is 0 Å². The molecule has 1 saturated heterocycles. The molecule has 1 aliphatic rings. The summed E-state index contributed by atoms with van der Waals surface area (Å²) in [6, 6.07) is -0.816. The zero-order chi connectivity index (χ0) is 42.3. The Bertz CT molecular complexity index is 961. The Labute approximate surface area is 356 Å². The Kier molecular flexibility index (Phi) is 37.5. The second-order valence-electron chi connectivity index (χ2n) is 17.3. The van der Waals surface area contributed by atoms with Crippen LogP contribution in [0.15, 0.2) is 24.3 Å². The van der Waals surface area contributed by atoms with Gasteiger partial charge in [0.25, 0.3) is 0 Å². The summed E-state index contributed by atoms with van der Waals surface area (Å²) < 4.78 is 11.2. The molecular formula is C49H93NO8. The predicted octanol–water partition coefficient (Wildman–Crippen LogP) is 10.7. The Morgan fingerprint density at radius 1 is 0.569 bits per heavy atom. The number of carbonyl (C=O) groups is 1. The van der Waals surface area contributed by atoms with E-state index in [-0.39, 0.29) is 12.5 Å². The molecule has 0 aromatic heterocycles. The first kappa shape index (κ1) is 54.7. The van der Waals surface area contributed by atoms with E-state index in [2.05, 4.69) is 31.3 Å². The average molecular weight is 824 g/mol. The summed E-state index contributed by atoms with van der Waals surface area (Å²) in [5.41, 5.74) is 0. The van der Waals surface area contributed by atoms with Gasteiger partial charge in [-0.1, -0.05) is 212 Å². The molecule has 0 aromatic rings. The van der Waals surface area contributed by atoms with Crippen molar-refractivity contribution in [3.05, 3.63) is 24.3 Å². The molecule has 0 bridgehead atoms. The Balaban J connectivity index is 2.25. The van der Waals surface area contributed by atoms with E-state index in [4.69, 9.17) is 9.47 Å². The van der Waals surface area contributed by atoms with Crippen LogP contribution in [0.4, 0.5) is 0 Å². The quantitative estimate of drug-likeness (QED) is 0.0264. The number of allylic oxidation sites excluding steroid dienone is 3.